The minimum absolute atomic E-state index is 0.186. The minimum atomic E-state index is -1.35. The Bertz CT molecular complexity index is 872. The molecular weight excluding hydrogens is 377 g/mol. The second-order valence-corrected chi connectivity index (χ2v) is 10.2. The Morgan fingerprint density at radius 3 is 2.54 bits per heavy atom. The highest BCUT2D eigenvalue weighted by Crippen LogP contribution is 2.44. The van der Waals surface area contributed by atoms with Gasteiger partial charge in [-0.05, 0) is 51.1 Å². The van der Waals surface area contributed by atoms with E-state index in [1.54, 1.807) is 18.3 Å². The van der Waals surface area contributed by atoms with E-state index in [9.17, 15) is 8.94 Å². The zero-order valence-electron chi connectivity index (χ0n) is 16.2. The van der Waals surface area contributed by atoms with Crippen LogP contribution in [-0.4, -0.2) is 39.7 Å². The van der Waals surface area contributed by atoms with Crippen molar-refractivity contribution in [3.63, 3.8) is 0 Å². The molecule has 0 spiro atoms. The molecule has 4 rings (SSSR count). The minimum Gasteiger partial charge on any atom is -0.591 e. The summed E-state index contributed by atoms with van der Waals surface area (Å²) in [7, 11) is 0. The van der Waals surface area contributed by atoms with Crippen LogP contribution in [0.4, 0.5) is 4.39 Å². The summed E-state index contributed by atoms with van der Waals surface area (Å²) >= 11 is -1.35. The molecule has 1 aromatic carbocycles. The van der Waals surface area contributed by atoms with E-state index in [4.69, 9.17) is 4.74 Å². The Kier molecular flexibility index (Phi) is 5.16. The highest BCUT2D eigenvalue weighted by Gasteiger charge is 2.55. The van der Waals surface area contributed by atoms with Gasteiger partial charge in [-0.1, -0.05) is 4.40 Å². The van der Waals surface area contributed by atoms with Crippen molar-refractivity contribution >= 4 is 17.6 Å². The first-order chi connectivity index (χ1) is 13.3. The van der Waals surface area contributed by atoms with E-state index in [2.05, 4.69) is 14.7 Å². The van der Waals surface area contributed by atoms with Crippen LogP contribution in [0, 0.1) is 17.7 Å². The molecule has 0 bridgehead atoms. The van der Waals surface area contributed by atoms with Crippen molar-refractivity contribution in [2.45, 2.75) is 31.6 Å². The first kappa shape index (κ1) is 19.4. The summed E-state index contributed by atoms with van der Waals surface area (Å²) in [6.07, 6.45) is 1.78. The molecule has 7 heteroatoms. The number of benzene rings is 1. The van der Waals surface area contributed by atoms with Gasteiger partial charge in [-0.15, -0.1) is 0 Å². The van der Waals surface area contributed by atoms with Gasteiger partial charge in [-0.3, -0.25) is 0 Å². The van der Waals surface area contributed by atoms with Crippen LogP contribution in [0.1, 0.15) is 26.3 Å². The normalized spacial score (nSPS) is 25.0. The average molecular weight is 402 g/mol. The number of ether oxygens (including phenoxy) is 1. The highest BCUT2D eigenvalue weighted by atomic mass is 32.2. The monoisotopic (exact) mass is 401 g/mol. The lowest BCUT2D eigenvalue weighted by Gasteiger charge is -2.17. The van der Waals surface area contributed by atoms with Gasteiger partial charge in [0, 0.05) is 42.1 Å². The molecule has 1 unspecified atom stereocenters. The standard InChI is InChI=1S/C21H24FN3O2S/c1-21(2,3)28(26)24-10-13-8-18(14-4-6-15(22)7-5-14)25-19(9-13)27-20-16-11-23-12-17(16)20/h4-10,16-17,20,23H,11-12H2,1-3H3/b24-10-/t16-,17+,20+,28?. The maximum atomic E-state index is 13.3. The number of fused-ring (bicyclic) bond motifs is 1. The molecule has 1 aliphatic heterocycles. The van der Waals surface area contributed by atoms with E-state index in [0.717, 1.165) is 24.2 Å². The van der Waals surface area contributed by atoms with E-state index < -0.39 is 16.1 Å². The fourth-order valence-corrected chi connectivity index (χ4v) is 3.91. The third-order valence-corrected chi connectivity index (χ3v) is 6.40. The van der Waals surface area contributed by atoms with Crippen LogP contribution in [-0.2, 0) is 11.4 Å². The van der Waals surface area contributed by atoms with E-state index >= 15 is 0 Å². The number of halogens is 1. The lowest BCUT2D eigenvalue weighted by atomic mass is 10.1. The molecule has 1 aliphatic carbocycles. The maximum absolute atomic E-state index is 13.3. The molecule has 148 valence electrons. The molecule has 2 aromatic rings. The Morgan fingerprint density at radius 1 is 1.21 bits per heavy atom. The molecule has 0 amide bonds. The number of piperidine rings is 1. The van der Waals surface area contributed by atoms with Gasteiger partial charge in [0.05, 0.1) is 11.9 Å². The summed E-state index contributed by atoms with van der Waals surface area (Å²) < 4.78 is 35.4. The van der Waals surface area contributed by atoms with Crippen molar-refractivity contribution in [3.05, 3.63) is 47.8 Å². The molecule has 0 radical (unpaired) electrons. The van der Waals surface area contributed by atoms with Crippen LogP contribution >= 0.6 is 0 Å². The third-order valence-electron chi connectivity index (χ3n) is 5.06. The summed E-state index contributed by atoms with van der Waals surface area (Å²) in [4.78, 5) is 4.61. The Labute approximate surface area is 167 Å². The fraction of sp³-hybridized carbons (Fsp3) is 0.429. The highest BCUT2D eigenvalue weighted by molar-refractivity contribution is 7.91. The predicted molar refractivity (Wildman–Crippen MR) is 109 cm³/mol. The van der Waals surface area contributed by atoms with Crippen LogP contribution in [0.3, 0.4) is 0 Å². The number of nitrogens with zero attached hydrogens (tertiary/aromatic N) is 2. The molecule has 1 saturated carbocycles. The van der Waals surface area contributed by atoms with Crippen molar-refractivity contribution < 1.29 is 13.7 Å². The van der Waals surface area contributed by atoms with Crippen LogP contribution < -0.4 is 10.1 Å². The van der Waals surface area contributed by atoms with E-state index in [1.807, 2.05) is 32.9 Å². The van der Waals surface area contributed by atoms with E-state index in [0.29, 0.717) is 23.4 Å². The lowest BCUT2D eigenvalue weighted by molar-refractivity contribution is 0.252. The summed E-state index contributed by atoms with van der Waals surface area (Å²) in [5, 5.41) is 3.35. The van der Waals surface area contributed by atoms with Crippen molar-refractivity contribution in [1.29, 1.82) is 0 Å². The lowest BCUT2D eigenvalue weighted by Crippen LogP contribution is -2.25. The van der Waals surface area contributed by atoms with Gasteiger partial charge in [0.15, 0.2) is 0 Å². The molecule has 1 saturated heterocycles. The quantitative estimate of drug-likeness (QED) is 0.616. The summed E-state index contributed by atoms with van der Waals surface area (Å²) in [5.41, 5.74) is 2.21. The number of rotatable bonds is 5. The number of pyridine rings is 1. The SMILES string of the molecule is CC(C)(C)[S+]([O-])/N=C\c1cc(O[C@H]2[C@@H]3CNC[C@@H]32)nc(-c2ccc(F)cc2)c1. The zero-order chi connectivity index (χ0) is 19.9. The van der Waals surface area contributed by atoms with Gasteiger partial charge in [-0.25, -0.2) is 9.37 Å². The molecule has 4 atom stereocenters. The van der Waals surface area contributed by atoms with Crippen molar-refractivity contribution in [2.24, 2.45) is 16.2 Å². The van der Waals surface area contributed by atoms with Gasteiger partial charge in [0.25, 0.3) is 0 Å². The van der Waals surface area contributed by atoms with Gasteiger partial charge in [0.2, 0.25) is 5.88 Å². The van der Waals surface area contributed by atoms with Crippen molar-refractivity contribution in [3.8, 4) is 17.1 Å². The van der Waals surface area contributed by atoms with Gasteiger partial charge in [-0.2, -0.15) is 0 Å². The van der Waals surface area contributed by atoms with Crippen molar-refractivity contribution in [1.82, 2.24) is 10.3 Å². The smallest absolute Gasteiger partial charge is 0.214 e. The Morgan fingerprint density at radius 2 is 1.89 bits per heavy atom. The molecule has 1 N–H and O–H groups in total. The molecule has 5 nitrogen and oxygen atoms in total. The summed E-state index contributed by atoms with van der Waals surface area (Å²) in [5.74, 6) is 1.31. The van der Waals surface area contributed by atoms with Crippen LogP contribution in [0.15, 0.2) is 40.8 Å². The molecule has 2 heterocycles. The molecule has 28 heavy (non-hydrogen) atoms. The van der Waals surface area contributed by atoms with Gasteiger partial charge in [0.1, 0.15) is 28.0 Å². The number of hydrogen-bond donors (Lipinski definition) is 1. The number of hydrogen-bond acceptors (Lipinski definition) is 5. The molecule has 1 aromatic heterocycles. The second-order valence-electron chi connectivity index (χ2n) is 8.30. The zero-order valence-corrected chi connectivity index (χ0v) is 17.0. The molecule has 2 fully saturated rings. The van der Waals surface area contributed by atoms with Gasteiger partial charge >= 0.3 is 0 Å². The van der Waals surface area contributed by atoms with Crippen LogP contribution in [0.25, 0.3) is 11.3 Å². The number of aromatic nitrogens is 1. The molecule has 2 aliphatic rings. The van der Waals surface area contributed by atoms with Gasteiger partial charge < -0.3 is 14.6 Å². The predicted octanol–water partition coefficient (Wildman–Crippen LogP) is 3.37. The Hall–Kier alpha value is -1.96. The van der Waals surface area contributed by atoms with Crippen LogP contribution in [0.5, 0.6) is 5.88 Å². The second kappa shape index (κ2) is 7.46. The number of nitrogens with one attached hydrogen (secondary N) is 1. The third kappa shape index (κ3) is 4.21. The largest absolute Gasteiger partial charge is 0.591 e. The summed E-state index contributed by atoms with van der Waals surface area (Å²) in [6.45, 7) is 7.60. The van der Waals surface area contributed by atoms with Crippen LogP contribution in [0.2, 0.25) is 0 Å². The Balaban J connectivity index is 1.62. The topological polar surface area (TPSA) is 69.6 Å². The van der Waals surface area contributed by atoms with E-state index in [1.165, 1.54) is 12.1 Å². The fourth-order valence-electron chi connectivity index (χ4n) is 3.37. The van der Waals surface area contributed by atoms with E-state index in [-0.39, 0.29) is 11.9 Å². The first-order valence-corrected chi connectivity index (χ1v) is 10.5. The first-order valence-electron chi connectivity index (χ1n) is 9.43. The maximum Gasteiger partial charge on any atom is 0.214 e. The van der Waals surface area contributed by atoms with Crippen molar-refractivity contribution in [2.75, 3.05) is 13.1 Å². The molecular formula is C21H24FN3O2S. The average Bonchev–Trinajstić information content (AvgIpc) is 3.07. The summed E-state index contributed by atoms with van der Waals surface area (Å²) in [6, 6.07) is 9.85.